The molecule has 2 atom stereocenters. The predicted molar refractivity (Wildman–Crippen MR) is 74.0 cm³/mol. The van der Waals surface area contributed by atoms with Crippen LogP contribution in [-0.4, -0.2) is 19.7 Å². The molecule has 0 radical (unpaired) electrons. The molecule has 2 unspecified atom stereocenters. The molecule has 0 aliphatic carbocycles. The molecular weight excluding hydrogens is 210 g/mol. The zero-order valence-electron chi connectivity index (χ0n) is 12.2. The van der Waals surface area contributed by atoms with E-state index >= 15 is 0 Å². The summed E-state index contributed by atoms with van der Waals surface area (Å²) in [4.78, 5) is 0. The molecule has 0 bridgehead atoms. The fourth-order valence-corrected chi connectivity index (χ4v) is 2.73. The molecule has 100 valence electrons. The van der Waals surface area contributed by atoms with E-state index < -0.39 is 0 Å². The van der Waals surface area contributed by atoms with Crippen LogP contribution in [0.4, 0.5) is 0 Å². The zero-order valence-corrected chi connectivity index (χ0v) is 12.2. The van der Waals surface area contributed by atoms with Gasteiger partial charge in [0.1, 0.15) is 5.76 Å². The molecule has 0 saturated carbocycles. The Labute approximate surface area is 107 Å². The van der Waals surface area contributed by atoms with Gasteiger partial charge in [-0.3, -0.25) is 0 Å². The minimum atomic E-state index is 0.396. The highest BCUT2D eigenvalue weighted by Crippen LogP contribution is 2.28. The van der Waals surface area contributed by atoms with E-state index in [4.69, 9.17) is 4.74 Å². The molecule has 2 nitrogen and oxygen atoms in total. The molecule has 0 fully saturated rings. The van der Waals surface area contributed by atoms with E-state index in [1.54, 1.807) is 0 Å². The summed E-state index contributed by atoms with van der Waals surface area (Å²) in [6.45, 7) is 10.2. The highest BCUT2D eigenvalue weighted by molar-refractivity contribution is 5.05. The average Bonchev–Trinajstić information content (AvgIpc) is 2.24. The van der Waals surface area contributed by atoms with Crippen LogP contribution in [0.5, 0.6) is 0 Å². The van der Waals surface area contributed by atoms with Crippen molar-refractivity contribution in [1.29, 1.82) is 0 Å². The standard InChI is InChI=1S/C15H29NO/c1-12(11-15(2,3)4)10-13(16-5)14-8-6-7-9-17-14/h8,12-13,16H,6-7,9-11H2,1-5H3. The summed E-state index contributed by atoms with van der Waals surface area (Å²) in [7, 11) is 2.04. The van der Waals surface area contributed by atoms with Crippen LogP contribution in [0.15, 0.2) is 11.8 Å². The van der Waals surface area contributed by atoms with E-state index in [1.165, 1.54) is 25.0 Å². The fourth-order valence-electron chi connectivity index (χ4n) is 2.73. The van der Waals surface area contributed by atoms with E-state index in [2.05, 4.69) is 39.1 Å². The number of allylic oxidation sites excluding steroid dienone is 1. The van der Waals surface area contributed by atoms with Crippen molar-refractivity contribution < 1.29 is 4.74 Å². The first-order valence-corrected chi connectivity index (χ1v) is 6.92. The summed E-state index contributed by atoms with van der Waals surface area (Å²) in [5, 5.41) is 3.40. The number of ether oxygens (including phenoxy) is 1. The van der Waals surface area contributed by atoms with Gasteiger partial charge in [0.05, 0.1) is 12.6 Å². The second-order valence-electron chi connectivity index (χ2n) is 6.54. The Balaban J connectivity index is 2.48. The van der Waals surface area contributed by atoms with Crippen LogP contribution in [-0.2, 0) is 4.74 Å². The lowest BCUT2D eigenvalue weighted by Crippen LogP contribution is -2.32. The van der Waals surface area contributed by atoms with Crippen LogP contribution in [0.3, 0.4) is 0 Å². The van der Waals surface area contributed by atoms with Crippen molar-refractivity contribution in [3.05, 3.63) is 11.8 Å². The maximum atomic E-state index is 5.76. The lowest BCUT2D eigenvalue weighted by Gasteiger charge is -2.29. The lowest BCUT2D eigenvalue weighted by atomic mass is 9.82. The summed E-state index contributed by atoms with van der Waals surface area (Å²) in [6, 6.07) is 0.396. The van der Waals surface area contributed by atoms with Gasteiger partial charge < -0.3 is 10.1 Å². The van der Waals surface area contributed by atoms with E-state index in [0.29, 0.717) is 11.5 Å². The number of hydrogen-bond acceptors (Lipinski definition) is 2. The summed E-state index contributed by atoms with van der Waals surface area (Å²) < 4.78 is 5.76. The highest BCUT2D eigenvalue weighted by Gasteiger charge is 2.22. The number of hydrogen-bond donors (Lipinski definition) is 1. The van der Waals surface area contributed by atoms with Crippen LogP contribution in [0.25, 0.3) is 0 Å². The van der Waals surface area contributed by atoms with Crippen molar-refractivity contribution in [2.75, 3.05) is 13.7 Å². The zero-order chi connectivity index (χ0) is 12.9. The molecule has 2 heteroatoms. The van der Waals surface area contributed by atoms with Gasteiger partial charge in [0.15, 0.2) is 0 Å². The first kappa shape index (κ1) is 14.6. The average molecular weight is 239 g/mol. The van der Waals surface area contributed by atoms with Crippen LogP contribution >= 0.6 is 0 Å². The highest BCUT2D eigenvalue weighted by atomic mass is 16.5. The van der Waals surface area contributed by atoms with Crippen LogP contribution < -0.4 is 5.32 Å². The van der Waals surface area contributed by atoms with Gasteiger partial charge in [-0.2, -0.15) is 0 Å². The van der Waals surface area contributed by atoms with Gasteiger partial charge >= 0.3 is 0 Å². The smallest absolute Gasteiger partial charge is 0.109 e. The Bertz CT molecular complexity index is 252. The van der Waals surface area contributed by atoms with E-state index in [1.807, 2.05) is 7.05 Å². The van der Waals surface area contributed by atoms with Crippen molar-refractivity contribution in [1.82, 2.24) is 5.32 Å². The molecule has 0 aromatic rings. The molecule has 1 aliphatic heterocycles. The molecule has 0 spiro atoms. The van der Waals surface area contributed by atoms with E-state index in [0.717, 1.165) is 18.9 Å². The van der Waals surface area contributed by atoms with Gasteiger partial charge in [0.25, 0.3) is 0 Å². The van der Waals surface area contributed by atoms with Crippen LogP contribution in [0.1, 0.15) is 53.4 Å². The number of rotatable bonds is 5. The summed E-state index contributed by atoms with van der Waals surface area (Å²) >= 11 is 0. The monoisotopic (exact) mass is 239 g/mol. The Morgan fingerprint density at radius 3 is 2.59 bits per heavy atom. The van der Waals surface area contributed by atoms with Crippen molar-refractivity contribution in [2.24, 2.45) is 11.3 Å². The topological polar surface area (TPSA) is 21.3 Å². The van der Waals surface area contributed by atoms with E-state index in [-0.39, 0.29) is 0 Å². The second kappa shape index (κ2) is 6.44. The fraction of sp³-hybridized carbons (Fsp3) is 0.867. The molecule has 0 aromatic carbocycles. The van der Waals surface area contributed by atoms with Crippen molar-refractivity contribution in [3.63, 3.8) is 0 Å². The summed E-state index contributed by atoms with van der Waals surface area (Å²) in [6.07, 6.45) is 7.02. The van der Waals surface area contributed by atoms with Gasteiger partial charge in [-0.15, -0.1) is 0 Å². The summed E-state index contributed by atoms with van der Waals surface area (Å²) in [5.41, 5.74) is 0.416. The Hall–Kier alpha value is -0.500. The van der Waals surface area contributed by atoms with Gasteiger partial charge in [-0.25, -0.2) is 0 Å². The minimum absolute atomic E-state index is 0.396. The normalized spacial score (nSPS) is 20.4. The van der Waals surface area contributed by atoms with Crippen molar-refractivity contribution in [3.8, 4) is 0 Å². The Morgan fingerprint density at radius 2 is 2.12 bits per heavy atom. The first-order chi connectivity index (χ1) is 7.92. The van der Waals surface area contributed by atoms with Gasteiger partial charge in [-0.05, 0) is 50.1 Å². The lowest BCUT2D eigenvalue weighted by molar-refractivity contribution is 0.158. The third-order valence-electron chi connectivity index (χ3n) is 3.25. The largest absolute Gasteiger partial charge is 0.497 e. The molecule has 17 heavy (non-hydrogen) atoms. The van der Waals surface area contributed by atoms with E-state index in [9.17, 15) is 0 Å². The summed E-state index contributed by atoms with van der Waals surface area (Å²) in [5.74, 6) is 1.89. The maximum Gasteiger partial charge on any atom is 0.109 e. The quantitative estimate of drug-likeness (QED) is 0.789. The first-order valence-electron chi connectivity index (χ1n) is 6.92. The molecule has 1 rings (SSSR count). The molecule has 0 aromatic heterocycles. The minimum Gasteiger partial charge on any atom is -0.497 e. The Kier molecular flexibility index (Phi) is 5.51. The SMILES string of the molecule is CNC(CC(C)CC(C)(C)C)C1=CCCCO1. The predicted octanol–water partition coefficient (Wildman–Crippen LogP) is 3.73. The van der Waals surface area contributed by atoms with Crippen LogP contribution in [0.2, 0.25) is 0 Å². The van der Waals surface area contributed by atoms with Crippen molar-refractivity contribution >= 4 is 0 Å². The van der Waals surface area contributed by atoms with Gasteiger partial charge in [-0.1, -0.05) is 27.7 Å². The third kappa shape index (κ3) is 5.58. The third-order valence-corrected chi connectivity index (χ3v) is 3.25. The second-order valence-corrected chi connectivity index (χ2v) is 6.54. The van der Waals surface area contributed by atoms with Gasteiger partial charge in [0, 0.05) is 0 Å². The number of nitrogens with one attached hydrogen (secondary N) is 1. The molecule has 1 N–H and O–H groups in total. The van der Waals surface area contributed by atoms with Crippen molar-refractivity contribution in [2.45, 2.75) is 59.4 Å². The van der Waals surface area contributed by atoms with Gasteiger partial charge in [0.2, 0.25) is 0 Å². The maximum absolute atomic E-state index is 5.76. The number of likely N-dealkylation sites (N-methyl/N-ethyl adjacent to an activating group) is 1. The molecule has 0 saturated heterocycles. The molecular formula is C15H29NO. The molecule has 1 heterocycles. The molecule has 0 amide bonds. The van der Waals surface area contributed by atoms with Crippen LogP contribution in [0, 0.1) is 11.3 Å². The Morgan fingerprint density at radius 1 is 1.41 bits per heavy atom. The molecule has 1 aliphatic rings.